The SMILES string of the molecule is CCc1cc2c(C)cc(=O)oc2cc1OC(=O)CNC(=O)OC(C)(C)C. The molecule has 0 unspecified atom stereocenters. The Morgan fingerprint density at radius 2 is 1.88 bits per heavy atom. The molecule has 0 radical (unpaired) electrons. The lowest BCUT2D eigenvalue weighted by Crippen LogP contribution is -2.36. The van der Waals surface area contributed by atoms with E-state index < -0.39 is 23.3 Å². The van der Waals surface area contributed by atoms with Gasteiger partial charge < -0.3 is 19.2 Å². The van der Waals surface area contributed by atoms with Crippen molar-refractivity contribution in [3.05, 3.63) is 39.7 Å². The molecule has 0 atom stereocenters. The third kappa shape index (κ3) is 5.08. The Morgan fingerprint density at radius 3 is 2.50 bits per heavy atom. The molecule has 1 amide bonds. The highest BCUT2D eigenvalue weighted by atomic mass is 16.6. The van der Waals surface area contributed by atoms with Gasteiger partial charge >= 0.3 is 17.7 Å². The Morgan fingerprint density at radius 1 is 1.19 bits per heavy atom. The zero-order chi connectivity index (χ0) is 19.5. The first-order valence-corrected chi connectivity index (χ1v) is 8.34. The second kappa shape index (κ2) is 7.59. The van der Waals surface area contributed by atoms with Gasteiger partial charge in [-0.25, -0.2) is 14.4 Å². The molecule has 2 rings (SSSR count). The zero-order valence-electron chi connectivity index (χ0n) is 15.6. The summed E-state index contributed by atoms with van der Waals surface area (Å²) in [4.78, 5) is 35.2. The summed E-state index contributed by atoms with van der Waals surface area (Å²) in [5.74, 6) is -0.357. The van der Waals surface area contributed by atoms with E-state index in [4.69, 9.17) is 13.9 Å². The highest BCUT2D eigenvalue weighted by molar-refractivity contribution is 5.85. The number of hydrogen-bond donors (Lipinski definition) is 1. The van der Waals surface area contributed by atoms with Crippen LogP contribution >= 0.6 is 0 Å². The van der Waals surface area contributed by atoms with Crippen molar-refractivity contribution in [3.8, 4) is 5.75 Å². The van der Waals surface area contributed by atoms with Crippen LogP contribution in [0.3, 0.4) is 0 Å². The molecule has 2 aromatic rings. The molecule has 0 aliphatic rings. The molecule has 26 heavy (non-hydrogen) atoms. The van der Waals surface area contributed by atoms with Crippen LogP contribution in [0.4, 0.5) is 4.79 Å². The van der Waals surface area contributed by atoms with Crippen molar-refractivity contribution < 1.29 is 23.5 Å². The quantitative estimate of drug-likeness (QED) is 0.511. The molecule has 7 nitrogen and oxygen atoms in total. The number of aryl methyl sites for hydroxylation is 2. The molecule has 1 N–H and O–H groups in total. The molecule has 1 aromatic carbocycles. The maximum absolute atomic E-state index is 12.0. The summed E-state index contributed by atoms with van der Waals surface area (Å²) >= 11 is 0. The molecular weight excluding hydrogens is 338 g/mol. The highest BCUT2D eigenvalue weighted by Gasteiger charge is 2.18. The van der Waals surface area contributed by atoms with Gasteiger partial charge in [-0.2, -0.15) is 0 Å². The number of fused-ring (bicyclic) bond motifs is 1. The molecule has 7 heteroatoms. The van der Waals surface area contributed by atoms with E-state index in [-0.39, 0.29) is 6.54 Å². The van der Waals surface area contributed by atoms with E-state index in [0.29, 0.717) is 17.8 Å². The number of nitrogens with one attached hydrogen (secondary N) is 1. The van der Waals surface area contributed by atoms with Crippen LogP contribution in [0.15, 0.2) is 27.4 Å². The maximum atomic E-state index is 12.0. The number of hydrogen-bond acceptors (Lipinski definition) is 6. The number of ether oxygens (including phenoxy) is 2. The van der Waals surface area contributed by atoms with Crippen LogP contribution in [0, 0.1) is 6.92 Å². The number of amides is 1. The van der Waals surface area contributed by atoms with Crippen LogP contribution in [0.1, 0.15) is 38.8 Å². The lowest BCUT2D eigenvalue weighted by Gasteiger charge is -2.19. The molecule has 0 saturated carbocycles. The Bertz CT molecular complexity index is 891. The van der Waals surface area contributed by atoms with Crippen LogP contribution < -0.4 is 15.7 Å². The van der Waals surface area contributed by atoms with Crippen molar-refractivity contribution in [1.82, 2.24) is 5.32 Å². The van der Waals surface area contributed by atoms with Gasteiger partial charge in [-0.3, -0.25) is 0 Å². The van der Waals surface area contributed by atoms with Crippen molar-refractivity contribution in [2.45, 2.75) is 46.6 Å². The molecule has 1 heterocycles. The van der Waals surface area contributed by atoms with Gasteiger partial charge in [0.1, 0.15) is 23.5 Å². The topological polar surface area (TPSA) is 94.8 Å². The van der Waals surface area contributed by atoms with E-state index >= 15 is 0 Å². The summed E-state index contributed by atoms with van der Waals surface area (Å²) in [7, 11) is 0. The number of alkyl carbamates (subject to hydrolysis) is 1. The van der Waals surface area contributed by atoms with Crippen molar-refractivity contribution >= 4 is 23.0 Å². The molecule has 0 fully saturated rings. The van der Waals surface area contributed by atoms with Crippen LogP contribution in [0.5, 0.6) is 5.75 Å². The van der Waals surface area contributed by atoms with Crippen LogP contribution in [-0.4, -0.2) is 24.2 Å². The summed E-state index contributed by atoms with van der Waals surface area (Å²) in [6.45, 7) is 8.57. The van der Waals surface area contributed by atoms with E-state index in [1.54, 1.807) is 20.8 Å². The van der Waals surface area contributed by atoms with Gasteiger partial charge in [0.25, 0.3) is 0 Å². The summed E-state index contributed by atoms with van der Waals surface area (Å²) in [5.41, 5.74) is 0.797. The second-order valence-electron chi connectivity index (χ2n) is 6.89. The van der Waals surface area contributed by atoms with Gasteiger partial charge in [0.15, 0.2) is 0 Å². The van der Waals surface area contributed by atoms with Crippen molar-refractivity contribution in [1.29, 1.82) is 0 Å². The van der Waals surface area contributed by atoms with E-state index in [1.165, 1.54) is 12.1 Å². The van der Waals surface area contributed by atoms with E-state index in [0.717, 1.165) is 16.5 Å². The number of rotatable bonds is 4. The van der Waals surface area contributed by atoms with E-state index in [1.807, 2.05) is 19.9 Å². The van der Waals surface area contributed by atoms with Crippen molar-refractivity contribution in [2.24, 2.45) is 0 Å². The van der Waals surface area contributed by atoms with Crippen molar-refractivity contribution in [2.75, 3.05) is 6.54 Å². The van der Waals surface area contributed by atoms with Crippen LogP contribution in [0.25, 0.3) is 11.0 Å². The van der Waals surface area contributed by atoms with E-state index in [9.17, 15) is 14.4 Å². The number of benzene rings is 1. The normalized spacial score (nSPS) is 11.3. The summed E-state index contributed by atoms with van der Waals surface area (Å²) < 4.78 is 15.6. The van der Waals surface area contributed by atoms with Gasteiger partial charge in [0.2, 0.25) is 0 Å². The monoisotopic (exact) mass is 361 g/mol. The molecule has 0 aliphatic heterocycles. The minimum absolute atomic E-state index is 0.296. The van der Waals surface area contributed by atoms with E-state index in [2.05, 4.69) is 5.32 Å². The maximum Gasteiger partial charge on any atom is 0.408 e. The lowest BCUT2D eigenvalue weighted by molar-refractivity contribution is -0.133. The molecule has 0 saturated heterocycles. The van der Waals surface area contributed by atoms with Crippen molar-refractivity contribution in [3.63, 3.8) is 0 Å². The highest BCUT2D eigenvalue weighted by Crippen LogP contribution is 2.27. The largest absolute Gasteiger partial charge is 0.444 e. The molecule has 0 aliphatic carbocycles. The Balaban J connectivity index is 2.15. The number of esters is 1. The smallest absolute Gasteiger partial charge is 0.408 e. The van der Waals surface area contributed by atoms with Gasteiger partial charge in [-0.1, -0.05) is 6.92 Å². The standard InChI is InChI=1S/C19H23NO6/c1-6-12-8-13-11(2)7-16(21)25-15(13)9-14(12)24-17(22)10-20-18(23)26-19(3,4)5/h7-9H,6,10H2,1-5H3,(H,20,23). The number of carbonyl (C=O) groups is 2. The number of carbonyl (C=O) groups excluding carboxylic acids is 2. The molecule has 1 aromatic heterocycles. The summed E-state index contributed by atoms with van der Waals surface area (Å²) in [5, 5.41) is 3.13. The minimum Gasteiger partial charge on any atom is -0.444 e. The Hall–Kier alpha value is -2.83. The van der Waals surface area contributed by atoms with Gasteiger partial charge in [0, 0.05) is 17.5 Å². The predicted molar refractivity (Wildman–Crippen MR) is 96.5 cm³/mol. The first kappa shape index (κ1) is 19.5. The summed E-state index contributed by atoms with van der Waals surface area (Å²) in [6, 6.07) is 4.77. The van der Waals surface area contributed by atoms with Crippen LogP contribution in [0.2, 0.25) is 0 Å². The molecular formula is C19H23NO6. The first-order valence-electron chi connectivity index (χ1n) is 8.34. The Kier molecular flexibility index (Phi) is 5.69. The average Bonchev–Trinajstić information content (AvgIpc) is 2.50. The first-order chi connectivity index (χ1) is 12.1. The van der Waals surface area contributed by atoms with Gasteiger partial charge in [-0.15, -0.1) is 0 Å². The second-order valence-corrected chi connectivity index (χ2v) is 6.89. The molecule has 0 bridgehead atoms. The lowest BCUT2D eigenvalue weighted by atomic mass is 10.1. The molecule has 140 valence electrons. The third-order valence-corrected chi connectivity index (χ3v) is 3.51. The van der Waals surface area contributed by atoms with Crippen LogP contribution in [-0.2, 0) is 16.0 Å². The third-order valence-electron chi connectivity index (χ3n) is 3.51. The fourth-order valence-electron chi connectivity index (χ4n) is 2.38. The van der Waals surface area contributed by atoms with Gasteiger partial charge in [0.05, 0.1) is 0 Å². The molecule has 0 spiro atoms. The van der Waals surface area contributed by atoms with Gasteiger partial charge in [-0.05, 0) is 51.3 Å². The Labute approximate surface area is 151 Å². The minimum atomic E-state index is -0.703. The average molecular weight is 361 g/mol. The predicted octanol–water partition coefficient (Wildman–Crippen LogP) is 3.09. The fraction of sp³-hybridized carbons (Fsp3) is 0.421. The zero-order valence-corrected chi connectivity index (χ0v) is 15.6. The summed E-state index contributed by atoms with van der Waals surface area (Å²) in [6.07, 6.45) is -0.0818. The fourth-order valence-corrected chi connectivity index (χ4v) is 2.38.